The van der Waals surface area contributed by atoms with Gasteiger partial charge in [0.1, 0.15) is 12.4 Å². The maximum atomic E-state index is 9.75. The van der Waals surface area contributed by atoms with E-state index in [1.165, 1.54) is 0 Å². The molecule has 0 radical (unpaired) electrons. The van der Waals surface area contributed by atoms with E-state index in [4.69, 9.17) is 9.84 Å². The van der Waals surface area contributed by atoms with Crippen molar-refractivity contribution in [3.63, 3.8) is 0 Å². The number of ether oxygens (including phenoxy) is 1. The van der Waals surface area contributed by atoms with Gasteiger partial charge in [-0.15, -0.1) is 0 Å². The number of aryl methyl sites for hydroxylation is 1. The van der Waals surface area contributed by atoms with Gasteiger partial charge in [0.15, 0.2) is 0 Å². The first kappa shape index (κ1) is 14.6. The minimum atomic E-state index is -0.553. The first-order chi connectivity index (χ1) is 9.60. The van der Waals surface area contributed by atoms with Crippen LogP contribution in [0.3, 0.4) is 0 Å². The molecule has 0 bridgehead atoms. The van der Waals surface area contributed by atoms with Crippen LogP contribution >= 0.6 is 0 Å². The highest BCUT2D eigenvalue weighted by molar-refractivity contribution is 5.38. The average molecular weight is 272 g/mol. The van der Waals surface area contributed by atoms with Crippen molar-refractivity contribution < 1.29 is 14.9 Å². The maximum Gasteiger partial charge on any atom is 0.125 e. The van der Waals surface area contributed by atoms with E-state index in [1.807, 2.05) is 49.4 Å². The molecule has 0 spiro atoms. The molecule has 2 aromatic carbocycles. The normalized spacial score (nSPS) is 12.2. The molecule has 0 aliphatic rings. The summed E-state index contributed by atoms with van der Waals surface area (Å²) in [6.45, 7) is 4.21. The third-order valence-corrected chi connectivity index (χ3v) is 3.22. The molecular formula is C17H20O3. The molecule has 0 heterocycles. The molecule has 3 nitrogen and oxygen atoms in total. The van der Waals surface area contributed by atoms with Crippen LogP contribution in [0.25, 0.3) is 0 Å². The summed E-state index contributed by atoms with van der Waals surface area (Å²) in [5, 5.41) is 18.8. The van der Waals surface area contributed by atoms with Gasteiger partial charge in [-0.2, -0.15) is 0 Å². The van der Waals surface area contributed by atoms with Gasteiger partial charge >= 0.3 is 0 Å². The molecule has 0 aliphatic carbocycles. The van der Waals surface area contributed by atoms with E-state index < -0.39 is 6.10 Å². The molecule has 2 rings (SSSR count). The molecule has 0 amide bonds. The third-order valence-electron chi connectivity index (χ3n) is 3.22. The zero-order chi connectivity index (χ0) is 14.5. The molecular weight excluding hydrogens is 252 g/mol. The molecule has 3 heteroatoms. The Labute approximate surface area is 119 Å². The molecule has 0 fully saturated rings. The predicted molar refractivity (Wildman–Crippen MR) is 78.5 cm³/mol. The lowest BCUT2D eigenvalue weighted by atomic mass is 10.1. The minimum Gasteiger partial charge on any atom is -0.489 e. The molecule has 2 aromatic rings. The van der Waals surface area contributed by atoms with Crippen LogP contribution in [0.4, 0.5) is 0 Å². The number of benzene rings is 2. The Hall–Kier alpha value is -1.84. The largest absolute Gasteiger partial charge is 0.489 e. The third kappa shape index (κ3) is 3.59. The fourth-order valence-electron chi connectivity index (χ4n) is 2.01. The summed E-state index contributed by atoms with van der Waals surface area (Å²) in [6, 6.07) is 13.4. The Kier molecular flexibility index (Phi) is 4.77. The molecule has 1 atom stereocenters. The van der Waals surface area contributed by atoms with Crippen molar-refractivity contribution in [2.75, 3.05) is 0 Å². The number of hydrogen-bond donors (Lipinski definition) is 2. The number of rotatable bonds is 5. The summed E-state index contributed by atoms with van der Waals surface area (Å²) in [4.78, 5) is 0. The molecule has 0 saturated heterocycles. The number of aliphatic hydroxyl groups excluding tert-OH is 2. The standard InChI is InChI=1S/C17H20O3/c1-12-3-8-16(13(2)19)17(9-12)20-11-15-6-4-14(10-18)5-7-15/h3-9,13,18-19H,10-11H2,1-2H3/t13-/m0/s1. The van der Waals surface area contributed by atoms with Gasteiger partial charge in [0.05, 0.1) is 12.7 Å². The highest BCUT2D eigenvalue weighted by Gasteiger charge is 2.09. The second kappa shape index (κ2) is 6.55. The quantitative estimate of drug-likeness (QED) is 0.879. The fraction of sp³-hybridized carbons (Fsp3) is 0.294. The summed E-state index contributed by atoms with van der Waals surface area (Å²) >= 11 is 0. The van der Waals surface area contributed by atoms with Crippen molar-refractivity contribution in [3.8, 4) is 5.75 Å². The van der Waals surface area contributed by atoms with Crippen molar-refractivity contribution in [1.82, 2.24) is 0 Å². The van der Waals surface area contributed by atoms with Crippen molar-refractivity contribution in [3.05, 3.63) is 64.7 Å². The first-order valence-electron chi connectivity index (χ1n) is 6.70. The van der Waals surface area contributed by atoms with Crippen LogP contribution in [-0.4, -0.2) is 10.2 Å². The SMILES string of the molecule is Cc1ccc([C@H](C)O)c(OCc2ccc(CO)cc2)c1. The topological polar surface area (TPSA) is 49.7 Å². The van der Waals surface area contributed by atoms with E-state index in [9.17, 15) is 5.11 Å². The van der Waals surface area contributed by atoms with Gasteiger partial charge in [-0.1, -0.05) is 36.4 Å². The van der Waals surface area contributed by atoms with Gasteiger partial charge in [0.2, 0.25) is 0 Å². The van der Waals surface area contributed by atoms with E-state index in [-0.39, 0.29) is 6.61 Å². The van der Waals surface area contributed by atoms with Crippen molar-refractivity contribution >= 4 is 0 Å². The molecule has 2 N–H and O–H groups in total. The van der Waals surface area contributed by atoms with Crippen LogP contribution in [0.1, 0.15) is 35.3 Å². The fourth-order valence-corrected chi connectivity index (χ4v) is 2.01. The van der Waals surface area contributed by atoms with E-state index in [2.05, 4.69) is 0 Å². The van der Waals surface area contributed by atoms with Crippen molar-refractivity contribution in [1.29, 1.82) is 0 Å². The molecule has 106 valence electrons. The van der Waals surface area contributed by atoms with Crippen LogP contribution in [-0.2, 0) is 13.2 Å². The summed E-state index contributed by atoms with van der Waals surface area (Å²) in [6.07, 6.45) is -0.553. The van der Waals surface area contributed by atoms with Crippen LogP contribution in [0.5, 0.6) is 5.75 Å². The lowest BCUT2D eigenvalue weighted by Crippen LogP contribution is -2.01. The molecule has 0 aromatic heterocycles. The second-order valence-corrected chi connectivity index (χ2v) is 4.98. The predicted octanol–water partition coefficient (Wildman–Crippen LogP) is 3.12. The summed E-state index contributed by atoms with van der Waals surface area (Å²) in [7, 11) is 0. The van der Waals surface area contributed by atoms with Crippen molar-refractivity contribution in [2.24, 2.45) is 0 Å². The van der Waals surface area contributed by atoms with E-state index in [1.54, 1.807) is 6.92 Å². The van der Waals surface area contributed by atoms with Gasteiger partial charge in [0.25, 0.3) is 0 Å². The molecule has 0 saturated carbocycles. The van der Waals surface area contributed by atoms with Gasteiger partial charge in [-0.3, -0.25) is 0 Å². The Morgan fingerprint density at radius 3 is 2.30 bits per heavy atom. The minimum absolute atomic E-state index is 0.0468. The summed E-state index contributed by atoms with van der Waals surface area (Å²) in [5.41, 5.74) is 3.80. The van der Waals surface area contributed by atoms with Gasteiger partial charge in [0, 0.05) is 5.56 Å². The Morgan fingerprint density at radius 1 is 1.05 bits per heavy atom. The van der Waals surface area contributed by atoms with Gasteiger partial charge in [-0.25, -0.2) is 0 Å². The first-order valence-corrected chi connectivity index (χ1v) is 6.70. The van der Waals surface area contributed by atoms with E-state index in [0.717, 1.165) is 22.3 Å². The highest BCUT2D eigenvalue weighted by Crippen LogP contribution is 2.27. The highest BCUT2D eigenvalue weighted by atomic mass is 16.5. The summed E-state index contributed by atoms with van der Waals surface area (Å²) < 4.78 is 5.82. The zero-order valence-corrected chi connectivity index (χ0v) is 11.8. The monoisotopic (exact) mass is 272 g/mol. The second-order valence-electron chi connectivity index (χ2n) is 4.98. The molecule has 0 unspecified atom stereocenters. The van der Waals surface area contributed by atoms with E-state index >= 15 is 0 Å². The average Bonchev–Trinajstić information content (AvgIpc) is 2.45. The smallest absolute Gasteiger partial charge is 0.125 e. The lowest BCUT2D eigenvalue weighted by molar-refractivity contribution is 0.190. The van der Waals surface area contributed by atoms with E-state index in [0.29, 0.717) is 12.4 Å². The zero-order valence-electron chi connectivity index (χ0n) is 11.8. The Bertz CT molecular complexity index is 559. The molecule has 20 heavy (non-hydrogen) atoms. The van der Waals surface area contributed by atoms with Gasteiger partial charge < -0.3 is 14.9 Å². The number of hydrogen-bond acceptors (Lipinski definition) is 3. The van der Waals surface area contributed by atoms with Crippen molar-refractivity contribution in [2.45, 2.75) is 33.2 Å². The Balaban J connectivity index is 2.11. The Morgan fingerprint density at radius 2 is 1.70 bits per heavy atom. The van der Waals surface area contributed by atoms with Crippen LogP contribution in [0.15, 0.2) is 42.5 Å². The molecule has 0 aliphatic heterocycles. The van der Waals surface area contributed by atoms with Crippen LogP contribution in [0.2, 0.25) is 0 Å². The lowest BCUT2D eigenvalue weighted by Gasteiger charge is -2.14. The number of aliphatic hydroxyl groups is 2. The maximum absolute atomic E-state index is 9.75. The van der Waals surface area contributed by atoms with Crippen LogP contribution in [0, 0.1) is 6.92 Å². The van der Waals surface area contributed by atoms with Crippen LogP contribution < -0.4 is 4.74 Å². The summed E-state index contributed by atoms with van der Waals surface area (Å²) in [5.74, 6) is 0.714. The van der Waals surface area contributed by atoms with Gasteiger partial charge in [-0.05, 0) is 36.6 Å².